The fraction of sp³-hybridized carbons (Fsp3) is 0.0909. The van der Waals surface area contributed by atoms with Crippen LogP contribution in [-0.2, 0) is 0 Å². The zero-order valence-electron chi connectivity index (χ0n) is 8.44. The number of hydrogen-bond acceptors (Lipinski definition) is 5. The van der Waals surface area contributed by atoms with Gasteiger partial charge < -0.3 is 9.47 Å². The molecule has 1 aliphatic heterocycles. The Morgan fingerprint density at radius 1 is 1.35 bits per heavy atom. The quantitative estimate of drug-likeness (QED) is 0.794. The summed E-state index contributed by atoms with van der Waals surface area (Å²) in [6.07, 6.45) is 0. The maximum atomic E-state index is 8.80. The molecule has 0 radical (unpaired) electrons. The van der Waals surface area contributed by atoms with Gasteiger partial charge in [0.05, 0.1) is 0 Å². The average Bonchev–Trinajstić information content (AvgIpc) is 2.93. The van der Waals surface area contributed by atoms with E-state index in [0.717, 1.165) is 11.3 Å². The molecule has 0 aliphatic carbocycles. The highest BCUT2D eigenvalue weighted by Gasteiger charge is 2.16. The van der Waals surface area contributed by atoms with Gasteiger partial charge in [-0.1, -0.05) is 11.6 Å². The first-order valence-corrected chi connectivity index (χ1v) is 5.94. The van der Waals surface area contributed by atoms with Crippen molar-refractivity contribution < 1.29 is 9.47 Å². The van der Waals surface area contributed by atoms with Gasteiger partial charge in [0, 0.05) is 5.56 Å². The fourth-order valence-electron chi connectivity index (χ4n) is 1.52. The van der Waals surface area contributed by atoms with Crippen molar-refractivity contribution in [2.45, 2.75) is 0 Å². The van der Waals surface area contributed by atoms with Crippen LogP contribution in [0.5, 0.6) is 11.5 Å². The molecule has 0 fully saturated rings. The molecule has 17 heavy (non-hydrogen) atoms. The molecular formula is C11H5ClN2O2S. The van der Waals surface area contributed by atoms with Crippen LogP contribution in [0.3, 0.4) is 0 Å². The molecule has 0 saturated carbocycles. The van der Waals surface area contributed by atoms with E-state index in [1.54, 1.807) is 0 Å². The second kappa shape index (κ2) is 3.91. The number of rotatable bonds is 1. The van der Waals surface area contributed by atoms with Crippen molar-refractivity contribution in [2.75, 3.05) is 6.79 Å². The van der Waals surface area contributed by atoms with Crippen LogP contribution in [-0.4, -0.2) is 11.8 Å². The Labute approximate surface area is 106 Å². The number of nitrogens with zero attached hydrogens (tertiary/aromatic N) is 2. The highest BCUT2D eigenvalue weighted by Crippen LogP contribution is 2.38. The zero-order chi connectivity index (χ0) is 11.8. The van der Waals surface area contributed by atoms with Crippen molar-refractivity contribution in [1.29, 1.82) is 5.26 Å². The summed E-state index contributed by atoms with van der Waals surface area (Å²) in [5, 5.41) is 9.50. The third-order valence-corrected chi connectivity index (χ3v) is 3.61. The summed E-state index contributed by atoms with van der Waals surface area (Å²) in [4.78, 5) is 4.15. The topological polar surface area (TPSA) is 55.1 Å². The molecule has 0 spiro atoms. The minimum Gasteiger partial charge on any atom is -0.454 e. The van der Waals surface area contributed by atoms with Crippen LogP contribution in [0.4, 0.5) is 0 Å². The van der Waals surface area contributed by atoms with Gasteiger partial charge in [0.15, 0.2) is 17.2 Å². The summed E-state index contributed by atoms with van der Waals surface area (Å²) in [5.41, 5.74) is 1.12. The number of aromatic nitrogens is 1. The number of ether oxygens (including phenoxy) is 2. The Balaban J connectivity index is 2.07. The van der Waals surface area contributed by atoms with Crippen LogP contribution in [0.2, 0.25) is 4.34 Å². The summed E-state index contributed by atoms with van der Waals surface area (Å²) in [6, 6.07) is 7.46. The molecule has 6 heteroatoms. The summed E-state index contributed by atoms with van der Waals surface area (Å²) in [7, 11) is 0. The molecule has 2 heterocycles. The van der Waals surface area contributed by atoms with Crippen LogP contribution in [0.25, 0.3) is 10.6 Å². The molecule has 1 aliphatic rings. The normalized spacial score (nSPS) is 12.5. The largest absolute Gasteiger partial charge is 0.454 e. The first-order chi connectivity index (χ1) is 8.28. The van der Waals surface area contributed by atoms with Crippen LogP contribution in [0.1, 0.15) is 5.69 Å². The van der Waals surface area contributed by atoms with Crippen LogP contribution < -0.4 is 9.47 Å². The molecule has 2 aromatic rings. The van der Waals surface area contributed by atoms with Gasteiger partial charge in [-0.05, 0) is 18.2 Å². The molecule has 1 aromatic heterocycles. The van der Waals surface area contributed by atoms with E-state index >= 15 is 0 Å². The maximum Gasteiger partial charge on any atom is 0.231 e. The highest BCUT2D eigenvalue weighted by molar-refractivity contribution is 7.19. The third kappa shape index (κ3) is 1.71. The van der Waals surface area contributed by atoms with Gasteiger partial charge in [0.25, 0.3) is 0 Å². The highest BCUT2D eigenvalue weighted by atomic mass is 35.5. The maximum absolute atomic E-state index is 8.80. The molecule has 0 unspecified atom stereocenters. The standard InChI is InChI=1S/C11H5ClN2O2S/c12-10-7(4-13)14-11(17-10)6-1-2-8-9(3-6)16-5-15-8/h1-3H,5H2. The predicted octanol–water partition coefficient (Wildman–Crippen LogP) is 3.06. The van der Waals surface area contributed by atoms with E-state index in [1.165, 1.54) is 11.3 Å². The lowest BCUT2D eigenvalue weighted by molar-refractivity contribution is 0.174. The lowest BCUT2D eigenvalue weighted by Gasteiger charge is -1.98. The smallest absolute Gasteiger partial charge is 0.231 e. The Kier molecular flexibility index (Phi) is 2.39. The van der Waals surface area contributed by atoms with Crippen molar-refractivity contribution in [3.05, 3.63) is 28.2 Å². The monoisotopic (exact) mass is 264 g/mol. The Morgan fingerprint density at radius 3 is 2.94 bits per heavy atom. The van der Waals surface area contributed by atoms with Gasteiger partial charge in [-0.25, -0.2) is 4.98 Å². The van der Waals surface area contributed by atoms with Crippen molar-refractivity contribution in [1.82, 2.24) is 4.98 Å². The molecule has 4 nitrogen and oxygen atoms in total. The van der Waals surface area contributed by atoms with E-state index in [4.69, 9.17) is 26.3 Å². The number of hydrogen-bond donors (Lipinski definition) is 0. The number of halogens is 1. The van der Waals surface area contributed by atoms with Crippen LogP contribution in [0, 0.1) is 11.3 Å². The summed E-state index contributed by atoms with van der Waals surface area (Å²) in [5.74, 6) is 1.41. The first-order valence-electron chi connectivity index (χ1n) is 4.74. The van der Waals surface area contributed by atoms with Crippen molar-refractivity contribution in [3.8, 4) is 28.1 Å². The lowest BCUT2D eigenvalue weighted by Crippen LogP contribution is -1.92. The van der Waals surface area contributed by atoms with Crippen molar-refractivity contribution in [3.63, 3.8) is 0 Å². The molecule has 84 valence electrons. The molecule has 0 amide bonds. The predicted molar refractivity (Wildman–Crippen MR) is 63.4 cm³/mol. The number of fused-ring (bicyclic) bond motifs is 1. The van der Waals surface area contributed by atoms with Gasteiger partial charge in [0.1, 0.15) is 15.4 Å². The van der Waals surface area contributed by atoms with E-state index in [0.29, 0.717) is 15.1 Å². The Hall–Kier alpha value is -1.77. The summed E-state index contributed by atoms with van der Waals surface area (Å²) >= 11 is 7.16. The van der Waals surface area contributed by atoms with Gasteiger partial charge in [-0.3, -0.25) is 0 Å². The number of nitriles is 1. The molecular weight excluding hydrogens is 260 g/mol. The average molecular weight is 265 g/mol. The van der Waals surface area contributed by atoms with E-state index in [2.05, 4.69) is 4.98 Å². The van der Waals surface area contributed by atoms with E-state index in [1.807, 2.05) is 24.3 Å². The number of thiazole rings is 1. The van der Waals surface area contributed by atoms with Crippen LogP contribution in [0.15, 0.2) is 18.2 Å². The SMILES string of the molecule is N#Cc1nc(-c2ccc3c(c2)OCO3)sc1Cl. The molecule has 0 saturated heterocycles. The Bertz CT molecular complexity index is 633. The van der Waals surface area contributed by atoms with E-state index < -0.39 is 0 Å². The molecule has 0 N–H and O–H groups in total. The molecule has 0 atom stereocenters. The van der Waals surface area contributed by atoms with Crippen molar-refractivity contribution >= 4 is 22.9 Å². The fourth-order valence-corrected chi connectivity index (χ4v) is 2.57. The van der Waals surface area contributed by atoms with Crippen molar-refractivity contribution in [2.24, 2.45) is 0 Å². The minimum atomic E-state index is 0.237. The summed E-state index contributed by atoms with van der Waals surface area (Å²) < 4.78 is 10.9. The molecule has 0 bridgehead atoms. The molecule has 3 rings (SSSR count). The first kappa shape index (κ1) is 10.4. The van der Waals surface area contributed by atoms with Gasteiger partial charge >= 0.3 is 0 Å². The Morgan fingerprint density at radius 2 is 2.18 bits per heavy atom. The number of benzene rings is 1. The molecule has 1 aromatic carbocycles. The van der Waals surface area contributed by atoms with Gasteiger partial charge in [0.2, 0.25) is 6.79 Å². The van der Waals surface area contributed by atoms with Gasteiger partial charge in [-0.2, -0.15) is 5.26 Å². The minimum absolute atomic E-state index is 0.237. The third-order valence-electron chi connectivity index (χ3n) is 2.31. The summed E-state index contributed by atoms with van der Waals surface area (Å²) in [6.45, 7) is 0.237. The van der Waals surface area contributed by atoms with E-state index in [-0.39, 0.29) is 12.5 Å². The van der Waals surface area contributed by atoms with Gasteiger partial charge in [-0.15, -0.1) is 11.3 Å². The lowest BCUT2D eigenvalue weighted by atomic mass is 10.2. The van der Waals surface area contributed by atoms with Crippen LogP contribution >= 0.6 is 22.9 Å². The second-order valence-corrected chi connectivity index (χ2v) is 4.92. The van der Waals surface area contributed by atoms with E-state index in [9.17, 15) is 0 Å². The zero-order valence-corrected chi connectivity index (χ0v) is 10.0. The second-order valence-electron chi connectivity index (χ2n) is 3.32.